The van der Waals surface area contributed by atoms with E-state index in [4.69, 9.17) is 16.3 Å². The number of aromatic hydroxyl groups is 1. The number of phenols is 1. The Morgan fingerprint density at radius 1 is 1.14 bits per heavy atom. The first kappa shape index (κ1) is 20.5. The van der Waals surface area contributed by atoms with Gasteiger partial charge in [0, 0.05) is 10.6 Å². The number of anilines is 1. The van der Waals surface area contributed by atoms with Gasteiger partial charge in [0.2, 0.25) is 5.88 Å². The van der Waals surface area contributed by atoms with Crippen molar-refractivity contribution < 1.29 is 27.8 Å². The quantitative estimate of drug-likeness (QED) is 0.585. The highest BCUT2D eigenvalue weighted by atomic mass is 35.5. The van der Waals surface area contributed by atoms with Crippen LogP contribution in [-0.2, 0) is 0 Å². The van der Waals surface area contributed by atoms with Gasteiger partial charge in [-0.3, -0.25) is 4.79 Å². The lowest BCUT2D eigenvalue weighted by molar-refractivity contribution is -0.154. The second-order valence-electron chi connectivity index (χ2n) is 5.96. The summed E-state index contributed by atoms with van der Waals surface area (Å²) in [6, 6.07) is 13.7. The van der Waals surface area contributed by atoms with E-state index in [9.17, 15) is 23.1 Å². The zero-order valence-electron chi connectivity index (χ0n) is 14.7. The summed E-state index contributed by atoms with van der Waals surface area (Å²) >= 11 is 5.87. The average Bonchev–Trinajstić information content (AvgIpc) is 2.67. The largest absolute Gasteiger partial charge is 0.507 e. The Labute approximate surface area is 168 Å². The molecule has 29 heavy (non-hydrogen) atoms. The number of benzene rings is 2. The molecule has 1 amide bonds. The van der Waals surface area contributed by atoms with Crippen LogP contribution < -0.4 is 10.1 Å². The number of rotatable bonds is 5. The van der Waals surface area contributed by atoms with Crippen LogP contribution in [0.15, 0.2) is 60.8 Å². The number of pyridine rings is 1. The summed E-state index contributed by atoms with van der Waals surface area (Å²) in [5.74, 6) is -1.05. The molecule has 0 atom stereocenters. The van der Waals surface area contributed by atoms with E-state index in [1.165, 1.54) is 24.4 Å². The third-order valence-corrected chi connectivity index (χ3v) is 4.04. The minimum absolute atomic E-state index is 0.0398. The predicted octanol–water partition coefficient (Wildman–Crippen LogP) is 5.30. The molecular weight excluding hydrogens is 409 g/mol. The molecule has 0 radical (unpaired) electrons. The fourth-order valence-corrected chi connectivity index (χ4v) is 2.61. The molecule has 0 aliphatic rings. The van der Waals surface area contributed by atoms with Gasteiger partial charge in [0.25, 0.3) is 5.91 Å². The number of phenolic OH excluding ortho intramolecular Hbond substituents is 1. The lowest BCUT2D eigenvalue weighted by atomic mass is 10.1. The summed E-state index contributed by atoms with van der Waals surface area (Å²) in [5, 5.41) is 12.8. The number of alkyl halides is 3. The molecule has 150 valence electrons. The zero-order valence-corrected chi connectivity index (χ0v) is 15.5. The molecule has 5 nitrogen and oxygen atoms in total. The number of nitrogens with one attached hydrogen (secondary N) is 1. The van der Waals surface area contributed by atoms with Crippen molar-refractivity contribution in [2.24, 2.45) is 0 Å². The minimum atomic E-state index is -4.53. The maximum absolute atomic E-state index is 12.6. The summed E-state index contributed by atoms with van der Waals surface area (Å²) in [4.78, 5) is 16.3. The Bertz CT molecular complexity index is 1020. The fourth-order valence-electron chi connectivity index (χ4n) is 2.49. The predicted molar refractivity (Wildman–Crippen MR) is 102 cm³/mol. The van der Waals surface area contributed by atoms with Crippen molar-refractivity contribution in [2.75, 3.05) is 11.9 Å². The maximum Gasteiger partial charge on any atom is 0.422 e. The molecule has 0 bridgehead atoms. The number of halogens is 4. The van der Waals surface area contributed by atoms with Crippen molar-refractivity contribution in [3.8, 4) is 22.8 Å². The van der Waals surface area contributed by atoms with Crippen LogP contribution in [0.2, 0.25) is 5.02 Å². The molecule has 1 heterocycles. The first-order valence-corrected chi connectivity index (χ1v) is 8.65. The Morgan fingerprint density at radius 3 is 2.48 bits per heavy atom. The molecule has 0 saturated carbocycles. The molecule has 0 unspecified atom stereocenters. The van der Waals surface area contributed by atoms with E-state index in [-0.39, 0.29) is 28.4 Å². The first-order chi connectivity index (χ1) is 13.7. The van der Waals surface area contributed by atoms with Crippen LogP contribution in [0, 0.1) is 0 Å². The van der Waals surface area contributed by atoms with Crippen LogP contribution >= 0.6 is 11.6 Å². The molecule has 2 N–H and O–H groups in total. The maximum atomic E-state index is 12.6. The molecule has 0 aliphatic carbocycles. The first-order valence-electron chi connectivity index (χ1n) is 8.28. The normalized spacial score (nSPS) is 11.2. The van der Waals surface area contributed by atoms with Gasteiger partial charge in [-0.05, 0) is 35.9 Å². The van der Waals surface area contributed by atoms with Crippen LogP contribution in [0.3, 0.4) is 0 Å². The molecule has 2 aromatic carbocycles. The average molecular weight is 423 g/mol. The highest BCUT2D eigenvalue weighted by molar-refractivity contribution is 6.30. The number of amides is 1. The lowest BCUT2D eigenvalue weighted by Crippen LogP contribution is -2.20. The number of para-hydroxylation sites is 1. The molecule has 3 rings (SSSR count). The van der Waals surface area contributed by atoms with Gasteiger partial charge in [0.15, 0.2) is 6.61 Å². The van der Waals surface area contributed by atoms with E-state index < -0.39 is 18.7 Å². The number of nitrogens with zero attached hydrogens (tertiary/aromatic N) is 1. The number of hydrogen-bond acceptors (Lipinski definition) is 4. The molecule has 3 aromatic rings. The Hall–Kier alpha value is -3.26. The molecular formula is C20H14ClF3N2O3. The zero-order chi connectivity index (χ0) is 21.0. The Kier molecular flexibility index (Phi) is 5.93. The van der Waals surface area contributed by atoms with E-state index in [0.717, 1.165) is 0 Å². The SMILES string of the molecule is O=C(Nc1cnc(OCC(F)(F)F)c(-c2ccc(Cl)cc2)c1)c1ccccc1O. The van der Waals surface area contributed by atoms with Crippen LogP contribution in [0.4, 0.5) is 18.9 Å². The Balaban J connectivity index is 1.93. The summed E-state index contributed by atoms with van der Waals surface area (Å²) in [7, 11) is 0. The van der Waals surface area contributed by atoms with Gasteiger partial charge < -0.3 is 15.2 Å². The van der Waals surface area contributed by atoms with Crippen molar-refractivity contribution >= 4 is 23.2 Å². The molecule has 0 aliphatic heterocycles. The molecule has 0 spiro atoms. The van der Waals surface area contributed by atoms with Gasteiger partial charge in [-0.25, -0.2) is 4.98 Å². The highest BCUT2D eigenvalue weighted by Crippen LogP contribution is 2.32. The number of carbonyl (C=O) groups excluding carboxylic acids is 1. The van der Waals surface area contributed by atoms with E-state index in [1.54, 1.807) is 36.4 Å². The van der Waals surface area contributed by atoms with Crippen molar-refractivity contribution in [2.45, 2.75) is 6.18 Å². The summed E-state index contributed by atoms with van der Waals surface area (Å²) < 4.78 is 42.5. The standard InChI is InChI=1S/C20H14ClF3N2O3/c21-13-7-5-12(6-8-13)16-9-14(10-25-19(16)29-11-20(22,23)24)26-18(28)15-3-1-2-4-17(15)27/h1-10,27H,11H2,(H,26,28). The third-order valence-electron chi connectivity index (χ3n) is 3.79. The second kappa shape index (κ2) is 8.40. The van der Waals surface area contributed by atoms with E-state index >= 15 is 0 Å². The van der Waals surface area contributed by atoms with Crippen LogP contribution in [0.5, 0.6) is 11.6 Å². The summed E-state index contributed by atoms with van der Waals surface area (Å²) in [6.07, 6.45) is -3.36. The van der Waals surface area contributed by atoms with Crippen molar-refractivity contribution in [1.82, 2.24) is 4.98 Å². The fraction of sp³-hybridized carbons (Fsp3) is 0.100. The number of aromatic nitrogens is 1. The van der Waals surface area contributed by atoms with Gasteiger partial charge in [0.1, 0.15) is 5.75 Å². The molecule has 1 aromatic heterocycles. The van der Waals surface area contributed by atoms with Crippen LogP contribution in [0.25, 0.3) is 11.1 Å². The number of carbonyl (C=O) groups is 1. The van der Waals surface area contributed by atoms with Crippen molar-refractivity contribution in [3.63, 3.8) is 0 Å². The van der Waals surface area contributed by atoms with Crippen LogP contribution in [0.1, 0.15) is 10.4 Å². The second-order valence-corrected chi connectivity index (χ2v) is 6.40. The van der Waals surface area contributed by atoms with Gasteiger partial charge in [-0.2, -0.15) is 13.2 Å². The number of ether oxygens (including phenoxy) is 1. The van der Waals surface area contributed by atoms with Crippen molar-refractivity contribution in [3.05, 3.63) is 71.4 Å². The van der Waals surface area contributed by atoms with Gasteiger partial charge in [0.05, 0.1) is 17.4 Å². The minimum Gasteiger partial charge on any atom is -0.507 e. The van der Waals surface area contributed by atoms with E-state index in [0.29, 0.717) is 10.6 Å². The van der Waals surface area contributed by atoms with Crippen molar-refractivity contribution in [1.29, 1.82) is 0 Å². The molecule has 9 heteroatoms. The summed E-state index contributed by atoms with van der Waals surface area (Å²) in [5.41, 5.74) is 0.985. The van der Waals surface area contributed by atoms with E-state index in [2.05, 4.69) is 10.3 Å². The van der Waals surface area contributed by atoms with Gasteiger partial charge in [-0.15, -0.1) is 0 Å². The monoisotopic (exact) mass is 422 g/mol. The molecule has 0 saturated heterocycles. The topological polar surface area (TPSA) is 71.5 Å². The summed E-state index contributed by atoms with van der Waals surface area (Å²) in [6.45, 7) is -1.51. The van der Waals surface area contributed by atoms with E-state index in [1.807, 2.05) is 0 Å². The lowest BCUT2D eigenvalue weighted by Gasteiger charge is -2.14. The van der Waals surface area contributed by atoms with Gasteiger partial charge >= 0.3 is 6.18 Å². The molecule has 0 fully saturated rings. The van der Waals surface area contributed by atoms with Gasteiger partial charge in [-0.1, -0.05) is 35.9 Å². The number of hydrogen-bond donors (Lipinski definition) is 2. The smallest absolute Gasteiger partial charge is 0.422 e. The third kappa shape index (κ3) is 5.39. The van der Waals surface area contributed by atoms with Crippen LogP contribution in [-0.4, -0.2) is 28.8 Å². The Morgan fingerprint density at radius 2 is 1.83 bits per heavy atom. The highest BCUT2D eigenvalue weighted by Gasteiger charge is 2.29.